The van der Waals surface area contributed by atoms with Crippen LogP contribution in [0.2, 0.25) is 5.02 Å². The van der Waals surface area contributed by atoms with Crippen molar-refractivity contribution in [3.63, 3.8) is 0 Å². The summed E-state index contributed by atoms with van der Waals surface area (Å²) >= 11 is 5.95. The van der Waals surface area contributed by atoms with E-state index in [1.165, 1.54) is 5.56 Å². The van der Waals surface area contributed by atoms with E-state index in [1.54, 1.807) is 0 Å². The maximum Gasteiger partial charge on any atom is 0.228 e. The van der Waals surface area contributed by atoms with Crippen molar-refractivity contribution in [1.29, 1.82) is 0 Å². The second-order valence-corrected chi connectivity index (χ2v) is 7.06. The maximum absolute atomic E-state index is 12.8. The van der Waals surface area contributed by atoms with Crippen molar-refractivity contribution in [2.75, 3.05) is 25.0 Å². The predicted octanol–water partition coefficient (Wildman–Crippen LogP) is 4.59. The molecule has 0 aliphatic carbocycles. The van der Waals surface area contributed by atoms with Crippen LogP contribution in [0.3, 0.4) is 0 Å². The molecule has 1 aliphatic heterocycles. The van der Waals surface area contributed by atoms with E-state index in [4.69, 9.17) is 16.3 Å². The standard InChI is InChI=1S/C21H25ClN2O2/c1-2-26-20-8-4-3-7-19(20)23-21(25)17-6-5-13-24(15-17)14-16-9-11-18(22)12-10-16/h3-4,7-12,17H,2,5-6,13-15H2,1H3,(H,23,25). The molecular formula is C21H25ClN2O2. The SMILES string of the molecule is CCOc1ccccc1NC(=O)C1CCCN(Cc2ccc(Cl)cc2)C1. The highest BCUT2D eigenvalue weighted by atomic mass is 35.5. The molecule has 2 aromatic carbocycles. The van der Waals surface area contributed by atoms with E-state index in [-0.39, 0.29) is 11.8 Å². The van der Waals surface area contributed by atoms with Gasteiger partial charge < -0.3 is 10.1 Å². The van der Waals surface area contributed by atoms with E-state index in [9.17, 15) is 4.79 Å². The van der Waals surface area contributed by atoms with Crippen LogP contribution in [0, 0.1) is 5.92 Å². The fourth-order valence-electron chi connectivity index (χ4n) is 3.35. The first-order valence-electron chi connectivity index (χ1n) is 9.15. The Hall–Kier alpha value is -2.04. The minimum atomic E-state index is -0.00858. The number of hydrogen-bond acceptors (Lipinski definition) is 3. The van der Waals surface area contributed by atoms with Gasteiger partial charge in [0.2, 0.25) is 5.91 Å². The number of rotatable bonds is 6. The van der Waals surface area contributed by atoms with Crippen LogP contribution >= 0.6 is 11.6 Å². The topological polar surface area (TPSA) is 41.6 Å². The molecule has 4 nitrogen and oxygen atoms in total. The number of hydrogen-bond donors (Lipinski definition) is 1. The van der Waals surface area contributed by atoms with Crippen molar-refractivity contribution in [1.82, 2.24) is 4.90 Å². The van der Waals surface area contributed by atoms with E-state index < -0.39 is 0 Å². The minimum Gasteiger partial charge on any atom is -0.492 e. The third kappa shape index (κ3) is 4.99. The summed E-state index contributed by atoms with van der Waals surface area (Å²) in [5, 5.41) is 3.80. The molecule has 0 radical (unpaired) electrons. The summed E-state index contributed by atoms with van der Waals surface area (Å²) in [6.45, 7) is 5.14. The number of carbonyl (C=O) groups is 1. The Balaban J connectivity index is 1.60. The number of ether oxygens (including phenoxy) is 1. The van der Waals surface area contributed by atoms with Gasteiger partial charge in [0.1, 0.15) is 5.75 Å². The Kier molecular flexibility index (Phi) is 6.53. The molecule has 1 aliphatic rings. The number of amides is 1. The molecule has 0 saturated carbocycles. The van der Waals surface area contributed by atoms with Gasteiger partial charge in [-0.1, -0.05) is 35.9 Å². The molecule has 3 rings (SSSR count). The van der Waals surface area contributed by atoms with E-state index in [1.807, 2.05) is 55.5 Å². The normalized spacial score (nSPS) is 17.7. The first-order chi connectivity index (χ1) is 12.7. The Morgan fingerprint density at radius 3 is 2.77 bits per heavy atom. The third-order valence-corrected chi connectivity index (χ3v) is 4.89. The van der Waals surface area contributed by atoms with Crippen molar-refractivity contribution >= 4 is 23.2 Å². The summed E-state index contributed by atoms with van der Waals surface area (Å²) in [6, 6.07) is 15.5. The van der Waals surface area contributed by atoms with Gasteiger partial charge in [0, 0.05) is 18.1 Å². The van der Waals surface area contributed by atoms with Crippen LogP contribution < -0.4 is 10.1 Å². The minimum absolute atomic E-state index is 0.00858. The van der Waals surface area contributed by atoms with Crippen LogP contribution in [0.15, 0.2) is 48.5 Å². The van der Waals surface area contributed by atoms with E-state index in [2.05, 4.69) is 10.2 Å². The number of anilines is 1. The number of nitrogens with zero attached hydrogens (tertiary/aromatic N) is 1. The summed E-state index contributed by atoms with van der Waals surface area (Å²) < 4.78 is 5.60. The molecule has 26 heavy (non-hydrogen) atoms. The highest BCUT2D eigenvalue weighted by molar-refractivity contribution is 6.30. The van der Waals surface area contributed by atoms with Crippen LogP contribution in [0.5, 0.6) is 5.75 Å². The zero-order valence-electron chi connectivity index (χ0n) is 15.1. The molecule has 1 fully saturated rings. The highest BCUT2D eigenvalue weighted by Gasteiger charge is 2.26. The third-order valence-electron chi connectivity index (χ3n) is 4.64. The van der Waals surface area contributed by atoms with Crippen molar-refractivity contribution < 1.29 is 9.53 Å². The molecule has 138 valence electrons. The Morgan fingerprint density at radius 1 is 1.23 bits per heavy atom. The fourth-order valence-corrected chi connectivity index (χ4v) is 3.47. The monoisotopic (exact) mass is 372 g/mol. The number of likely N-dealkylation sites (tertiary alicyclic amines) is 1. The molecule has 1 N–H and O–H groups in total. The van der Waals surface area contributed by atoms with Gasteiger partial charge in [-0.2, -0.15) is 0 Å². The quantitative estimate of drug-likeness (QED) is 0.806. The Bertz CT molecular complexity index is 733. The number of piperidine rings is 1. The van der Waals surface area contributed by atoms with Gasteiger partial charge in [-0.3, -0.25) is 9.69 Å². The van der Waals surface area contributed by atoms with Crippen molar-refractivity contribution in [3.05, 3.63) is 59.1 Å². The molecule has 2 aromatic rings. The number of carbonyl (C=O) groups excluding carboxylic acids is 1. The molecular weight excluding hydrogens is 348 g/mol. The zero-order chi connectivity index (χ0) is 18.4. The van der Waals surface area contributed by atoms with Gasteiger partial charge in [0.15, 0.2) is 0 Å². The molecule has 0 bridgehead atoms. The Morgan fingerprint density at radius 2 is 2.00 bits per heavy atom. The van der Waals surface area contributed by atoms with Gasteiger partial charge >= 0.3 is 0 Å². The average molecular weight is 373 g/mol. The van der Waals surface area contributed by atoms with Crippen LogP contribution in [0.4, 0.5) is 5.69 Å². The van der Waals surface area contributed by atoms with Gasteiger partial charge in [-0.25, -0.2) is 0 Å². The van der Waals surface area contributed by atoms with Crippen LogP contribution in [-0.2, 0) is 11.3 Å². The summed E-state index contributed by atoms with van der Waals surface area (Å²) in [5.41, 5.74) is 1.96. The summed E-state index contributed by atoms with van der Waals surface area (Å²) in [4.78, 5) is 15.1. The molecule has 1 saturated heterocycles. The van der Waals surface area contributed by atoms with Gasteiger partial charge in [0.25, 0.3) is 0 Å². The molecule has 1 heterocycles. The summed E-state index contributed by atoms with van der Waals surface area (Å²) in [6.07, 6.45) is 1.94. The first kappa shape index (κ1) is 18.7. The second-order valence-electron chi connectivity index (χ2n) is 6.62. The lowest BCUT2D eigenvalue weighted by Gasteiger charge is -2.32. The molecule has 1 atom stereocenters. The lowest BCUT2D eigenvalue weighted by Crippen LogP contribution is -2.40. The van der Waals surface area contributed by atoms with E-state index in [0.717, 1.165) is 48.9 Å². The largest absolute Gasteiger partial charge is 0.492 e. The fraction of sp³-hybridized carbons (Fsp3) is 0.381. The summed E-state index contributed by atoms with van der Waals surface area (Å²) in [7, 11) is 0. The average Bonchev–Trinajstić information content (AvgIpc) is 2.66. The van der Waals surface area contributed by atoms with Crippen LogP contribution in [0.1, 0.15) is 25.3 Å². The van der Waals surface area contributed by atoms with Gasteiger partial charge in [0.05, 0.1) is 18.2 Å². The van der Waals surface area contributed by atoms with E-state index >= 15 is 0 Å². The molecule has 0 aromatic heterocycles. The molecule has 1 amide bonds. The smallest absolute Gasteiger partial charge is 0.228 e. The number of halogens is 1. The van der Waals surface area contributed by atoms with Crippen molar-refractivity contribution in [2.24, 2.45) is 5.92 Å². The zero-order valence-corrected chi connectivity index (χ0v) is 15.8. The second kappa shape index (κ2) is 9.06. The molecule has 5 heteroatoms. The molecule has 1 unspecified atom stereocenters. The number of nitrogens with one attached hydrogen (secondary N) is 1. The highest BCUT2D eigenvalue weighted by Crippen LogP contribution is 2.26. The first-order valence-corrected chi connectivity index (χ1v) is 9.53. The predicted molar refractivity (Wildman–Crippen MR) is 106 cm³/mol. The lowest BCUT2D eigenvalue weighted by atomic mass is 9.96. The van der Waals surface area contributed by atoms with Gasteiger partial charge in [-0.05, 0) is 56.1 Å². The van der Waals surface area contributed by atoms with E-state index in [0.29, 0.717) is 6.61 Å². The Labute approximate surface area is 160 Å². The summed E-state index contributed by atoms with van der Waals surface area (Å²) in [5.74, 6) is 0.779. The van der Waals surface area contributed by atoms with Gasteiger partial charge in [-0.15, -0.1) is 0 Å². The lowest BCUT2D eigenvalue weighted by molar-refractivity contribution is -0.121. The van der Waals surface area contributed by atoms with Crippen LogP contribution in [-0.4, -0.2) is 30.5 Å². The van der Waals surface area contributed by atoms with Crippen LogP contribution in [0.25, 0.3) is 0 Å². The number of para-hydroxylation sites is 2. The molecule has 0 spiro atoms. The van der Waals surface area contributed by atoms with Crippen molar-refractivity contribution in [3.8, 4) is 5.75 Å². The number of benzene rings is 2. The maximum atomic E-state index is 12.8. The van der Waals surface area contributed by atoms with Crippen molar-refractivity contribution in [2.45, 2.75) is 26.3 Å².